The van der Waals surface area contributed by atoms with Crippen LogP contribution in [0, 0.1) is 5.82 Å². The number of halogens is 1. The molecule has 8 rings (SSSR count). The SMILES string of the molecule is Fc1cc(OCCN2CCCC2)cc(-c2ccnc3nc(-c4n[nH]c5ccc(-c6cncc(CNCc7ccccc7)c6)cc45)[nH]c23)c1. The standard InChI is InChI=1S/C38H35FN8O/c39-30-17-28(18-31(20-30)48-15-14-47-12-4-5-13-47)32-10-11-42-37-35(32)43-38(44-37)36-33-19-27(8-9-34(33)45-46-36)29-16-26(23-41-24-29)22-40-21-25-6-2-1-3-7-25/h1-3,6-11,16-20,23-24,40H,4-5,12-15,21-22H2,(H,45,46)(H,42,43,44). The molecule has 0 unspecified atom stereocenters. The lowest BCUT2D eigenvalue weighted by Gasteiger charge is -2.15. The molecular formula is C38H35FN8O. The van der Waals surface area contributed by atoms with E-state index in [2.05, 4.69) is 65.7 Å². The Hall–Kier alpha value is -5.45. The number of ether oxygens (including phenoxy) is 1. The second-order valence-electron chi connectivity index (χ2n) is 12.2. The maximum atomic E-state index is 14.8. The number of likely N-dealkylation sites (tertiary alicyclic amines) is 1. The maximum Gasteiger partial charge on any atom is 0.178 e. The van der Waals surface area contributed by atoms with E-state index in [0.717, 1.165) is 59.3 Å². The number of aromatic amines is 2. The Balaban J connectivity index is 1.05. The van der Waals surface area contributed by atoms with Crippen molar-refractivity contribution in [2.45, 2.75) is 25.9 Å². The molecule has 0 radical (unpaired) electrons. The molecule has 240 valence electrons. The van der Waals surface area contributed by atoms with Crippen LogP contribution >= 0.6 is 0 Å². The van der Waals surface area contributed by atoms with E-state index in [4.69, 9.17) is 9.72 Å². The van der Waals surface area contributed by atoms with Crippen molar-refractivity contribution >= 4 is 22.1 Å². The summed E-state index contributed by atoms with van der Waals surface area (Å²) < 4.78 is 20.8. The first-order valence-electron chi connectivity index (χ1n) is 16.3. The lowest BCUT2D eigenvalue weighted by molar-refractivity contribution is 0.237. The molecule has 1 aliphatic rings. The highest BCUT2D eigenvalue weighted by Gasteiger charge is 2.18. The monoisotopic (exact) mass is 638 g/mol. The lowest BCUT2D eigenvalue weighted by atomic mass is 10.0. The summed E-state index contributed by atoms with van der Waals surface area (Å²) in [5.74, 6) is 0.721. The van der Waals surface area contributed by atoms with E-state index in [-0.39, 0.29) is 5.82 Å². The van der Waals surface area contributed by atoms with Crippen LogP contribution in [0.15, 0.2) is 97.5 Å². The molecule has 9 nitrogen and oxygen atoms in total. The van der Waals surface area contributed by atoms with Gasteiger partial charge >= 0.3 is 0 Å². The predicted octanol–water partition coefficient (Wildman–Crippen LogP) is 7.13. The number of benzene rings is 3. The van der Waals surface area contributed by atoms with Crippen LogP contribution in [0.5, 0.6) is 5.75 Å². The fourth-order valence-corrected chi connectivity index (χ4v) is 6.43. The number of hydrogen-bond donors (Lipinski definition) is 3. The van der Waals surface area contributed by atoms with Crippen molar-refractivity contribution in [1.82, 2.24) is 40.3 Å². The Morgan fingerprint density at radius 3 is 2.62 bits per heavy atom. The molecule has 0 atom stereocenters. The van der Waals surface area contributed by atoms with E-state index < -0.39 is 0 Å². The van der Waals surface area contributed by atoms with Gasteiger partial charge in [0, 0.05) is 60.8 Å². The summed E-state index contributed by atoms with van der Waals surface area (Å²) in [6, 6.07) is 25.4. The normalized spacial score (nSPS) is 13.5. The van der Waals surface area contributed by atoms with Crippen molar-refractivity contribution in [1.29, 1.82) is 0 Å². The number of imidazole rings is 1. The predicted molar refractivity (Wildman–Crippen MR) is 186 cm³/mol. The van der Waals surface area contributed by atoms with Crippen LogP contribution in [0.4, 0.5) is 4.39 Å². The van der Waals surface area contributed by atoms with Gasteiger partial charge in [-0.15, -0.1) is 0 Å². The number of aromatic nitrogens is 6. The zero-order chi connectivity index (χ0) is 32.3. The zero-order valence-electron chi connectivity index (χ0n) is 26.4. The van der Waals surface area contributed by atoms with E-state index >= 15 is 0 Å². The van der Waals surface area contributed by atoms with Gasteiger partial charge in [-0.25, -0.2) is 14.4 Å². The minimum absolute atomic E-state index is 0.357. The summed E-state index contributed by atoms with van der Waals surface area (Å²) in [4.78, 5) is 19.6. The number of pyridine rings is 2. The molecule has 3 N–H and O–H groups in total. The van der Waals surface area contributed by atoms with E-state index in [1.54, 1.807) is 6.20 Å². The summed E-state index contributed by atoms with van der Waals surface area (Å²) in [6.07, 6.45) is 7.91. The molecule has 0 saturated carbocycles. The van der Waals surface area contributed by atoms with E-state index in [1.807, 2.05) is 48.8 Å². The minimum atomic E-state index is -0.357. The molecule has 48 heavy (non-hydrogen) atoms. The maximum absolute atomic E-state index is 14.8. The fourth-order valence-electron chi connectivity index (χ4n) is 6.43. The highest BCUT2D eigenvalue weighted by molar-refractivity contribution is 5.97. The zero-order valence-corrected chi connectivity index (χ0v) is 26.4. The number of nitrogens with zero attached hydrogens (tertiary/aromatic N) is 5. The Bertz CT molecular complexity index is 2190. The first kappa shape index (κ1) is 29.9. The number of rotatable bonds is 11. The first-order valence-corrected chi connectivity index (χ1v) is 16.3. The van der Waals surface area contributed by atoms with Crippen LogP contribution in [0.2, 0.25) is 0 Å². The first-order chi connectivity index (χ1) is 23.7. The molecule has 4 aromatic heterocycles. The van der Waals surface area contributed by atoms with Gasteiger partial charge in [0.2, 0.25) is 0 Å². The average molecular weight is 639 g/mol. The van der Waals surface area contributed by atoms with Crippen LogP contribution in [0.25, 0.3) is 55.8 Å². The van der Waals surface area contributed by atoms with Crippen LogP contribution < -0.4 is 10.1 Å². The van der Waals surface area contributed by atoms with Crippen LogP contribution in [0.3, 0.4) is 0 Å². The minimum Gasteiger partial charge on any atom is -0.492 e. The second-order valence-corrected chi connectivity index (χ2v) is 12.2. The number of hydrogen-bond acceptors (Lipinski definition) is 7. The van der Waals surface area contributed by atoms with E-state index in [9.17, 15) is 4.39 Å². The average Bonchev–Trinajstić information content (AvgIpc) is 3.88. The highest BCUT2D eigenvalue weighted by atomic mass is 19.1. The van der Waals surface area contributed by atoms with Crippen molar-refractivity contribution in [2.24, 2.45) is 0 Å². The van der Waals surface area contributed by atoms with Gasteiger partial charge in [0.25, 0.3) is 0 Å². The molecule has 7 aromatic rings. The summed E-state index contributed by atoms with van der Waals surface area (Å²) in [7, 11) is 0. The third kappa shape index (κ3) is 6.40. The Labute approximate surface area is 277 Å². The van der Waals surface area contributed by atoms with Gasteiger partial charge in [-0.05, 0) is 84.6 Å². The highest BCUT2D eigenvalue weighted by Crippen LogP contribution is 2.34. The topological polar surface area (TPSA) is 108 Å². The Kier molecular flexibility index (Phi) is 8.32. The molecule has 10 heteroatoms. The Morgan fingerprint density at radius 2 is 1.73 bits per heavy atom. The molecule has 3 aromatic carbocycles. The lowest BCUT2D eigenvalue weighted by Crippen LogP contribution is -2.25. The third-order valence-electron chi connectivity index (χ3n) is 8.87. The molecule has 0 spiro atoms. The smallest absolute Gasteiger partial charge is 0.178 e. The fraction of sp³-hybridized carbons (Fsp3) is 0.211. The number of H-pyrrole nitrogens is 2. The van der Waals surface area contributed by atoms with Crippen molar-refractivity contribution in [2.75, 3.05) is 26.2 Å². The summed E-state index contributed by atoms with van der Waals surface area (Å²) >= 11 is 0. The molecule has 5 heterocycles. The van der Waals surface area contributed by atoms with Gasteiger partial charge in [0.1, 0.15) is 23.9 Å². The van der Waals surface area contributed by atoms with Crippen molar-refractivity contribution in [3.63, 3.8) is 0 Å². The molecule has 1 saturated heterocycles. The van der Waals surface area contributed by atoms with Gasteiger partial charge in [-0.2, -0.15) is 5.10 Å². The van der Waals surface area contributed by atoms with Crippen molar-refractivity contribution in [3.05, 3.63) is 114 Å². The molecule has 1 aliphatic heterocycles. The molecule has 0 aliphatic carbocycles. The quantitative estimate of drug-likeness (QED) is 0.138. The third-order valence-corrected chi connectivity index (χ3v) is 8.87. The van der Waals surface area contributed by atoms with Crippen LogP contribution in [-0.4, -0.2) is 61.3 Å². The molecule has 1 fully saturated rings. The molecule has 0 amide bonds. The summed E-state index contributed by atoms with van der Waals surface area (Å²) in [5, 5.41) is 12.2. The Morgan fingerprint density at radius 1 is 0.854 bits per heavy atom. The van der Waals surface area contributed by atoms with Gasteiger partial charge < -0.3 is 15.0 Å². The molecule has 0 bridgehead atoms. The number of nitrogens with one attached hydrogen (secondary N) is 3. The largest absolute Gasteiger partial charge is 0.492 e. The van der Waals surface area contributed by atoms with Gasteiger partial charge in [0.15, 0.2) is 11.5 Å². The van der Waals surface area contributed by atoms with Crippen molar-refractivity contribution in [3.8, 4) is 39.5 Å². The van der Waals surface area contributed by atoms with Crippen LogP contribution in [0.1, 0.15) is 24.0 Å². The molecular weight excluding hydrogens is 603 g/mol. The van der Waals surface area contributed by atoms with E-state index in [0.29, 0.717) is 47.1 Å². The van der Waals surface area contributed by atoms with Gasteiger partial charge in [-0.3, -0.25) is 15.0 Å². The second kappa shape index (κ2) is 13.3. The van der Waals surface area contributed by atoms with Crippen molar-refractivity contribution < 1.29 is 9.13 Å². The summed E-state index contributed by atoms with van der Waals surface area (Å²) in [5.41, 5.74) is 8.64. The number of fused-ring (bicyclic) bond motifs is 2. The summed E-state index contributed by atoms with van der Waals surface area (Å²) in [6.45, 7) is 5.04. The van der Waals surface area contributed by atoms with E-state index in [1.165, 1.54) is 30.5 Å². The van der Waals surface area contributed by atoms with Crippen LogP contribution in [-0.2, 0) is 13.1 Å². The van der Waals surface area contributed by atoms with Gasteiger partial charge in [-0.1, -0.05) is 36.4 Å². The van der Waals surface area contributed by atoms with Gasteiger partial charge in [0.05, 0.1) is 11.0 Å².